The van der Waals surface area contributed by atoms with Crippen LogP contribution in [-0.2, 0) is 6.54 Å². The molecule has 0 unspecified atom stereocenters. The molecule has 22 heavy (non-hydrogen) atoms. The molecule has 0 fully saturated rings. The molecule has 0 aliphatic carbocycles. The summed E-state index contributed by atoms with van der Waals surface area (Å²) in [6.45, 7) is 0.549. The summed E-state index contributed by atoms with van der Waals surface area (Å²) in [6.07, 6.45) is 5.36. The molecule has 4 rings (SSSR count). The standard InChI is InChI=1S/C17H14N4O/c22-17-19-15-7-6-14(20-9-8-18-12-20)10-16(15)21(17)11-13-4-2-1-3-5-13/h1-10,12H,11H2,(H,19,22). The Morgan fingerprint density at radius 1 is 1.09 bits per heavy atom. The van der Waals surface area contributed by atoms with Crippen LogP contribution in [0.1, 0.15) is 5.56 Å². The van der Waals surface area contributed by atoms with Gasteiger partial charge in [-0.25, -0.2) is 9.78 Å². The molecule has 0 amide bonds. The van der Waals surface area contributed by atoms with E-state index in [9.17, 15) is 4.79 Å². The Morgan fingerprint density at radius 3 is 2.73 bits per heavy atom. The SMILES string of the molecule is O=c1[nH]c2ccc(-n3ccnc3)cc2n1Cc1ccccc1. The van der Waals surface area contributed by atoms with Crippen molar-refractivity contribution in [3.05, 3.63) is 83.3 Å². The van der Waals surface area contributed by atoms with Gasteiger partial charge in [-0.1, -0.05) is 30.3 Å². The average molecular weight is 290 g/mol. The van der Waals surface area contributed by atoms with Crippen LogP contribution in [0.15, 0.2) is 72.0 Å². The molecule has 2 aromatic heterocycles. The van der Waals surface area contributed by atoms with Crippen molar-refractivity contribution in [2.75, 3.05) is 0 Å². The number of imidazole rings is 2. The Morgan fingerprint density at radius 2 is 1.95 bits per heavy atom. The first-order chi connectivity index (χ1) is 10.8. The highest BCUT2D eigenvalue weighted by Crippen LogP contribution is 2.17. The molecule has 1 N–H and O–H groups in total. The molecule has 0 bridgehead atoms. The molecular weight excluding hydrogens is 276 g/mol. The lowest BCUT2D eigenvalue weighted by Crippen LogP contribution is -2.17. The monoisotopic (exact) mass is 290 g/mol. The number of benzene rings is 2. The van der Waals surface area contributed by atoms with E-state index in [2.05, 4.69) is 9.97 Å². The molecule has 0 radical (unpaired) electrons. The fourth-order valence-corrected chi connectivity index (χ4v) is 2.64. The van der Waals surface area contributed by atoms with Gasteiger partial charge in [0.2, 0.25) is 0 Å². The lowest BCUT2D eigenvalue weighted by Gasteiger charge is -2.06. The zero-order valence-corrected chi connectivity index (χ0v) is 11.8. The van der Waals surface area contributed by atoms with Crippen molar-refractivity contribution >= 4 is 11.0 Å². The second-order valence-electron chi connectivity index (χ2n) is 5.17. The zero-order valence-electron chi connectivity index (χ0n) is 11.8. The lowest BCUT2D eigenvalue weighted by atomic mass is 10.2. The van der Waals surface area contributed by atoms with Gasteiger partial charge in [0.05, 0.1) is 23.9 Å². The van der Waals surface area contributed by atoms with Gasteiger partial charge in [0, 0.05) is 18.1 Å². The summed E-state index contributed by atoms with van der Waals surface area (Å²) >= 11 is 0. The number of fused-ring (bicyclic) bond motifs is 1. The van der Waals surface area contributed by atoms with Crippen LogP contribution in [0.2, 0.25) is 0 Å². The average Bonchev–Trinajstić information content (AvgIpc) is 3.17. The Labute approximate surface area is 126 Å². The summed E-state index contributed by atoms with van der Waals surface area (Å²) in [5, 5.41) is 0. The number of aromatic amines is 1. The van der Waals surface area contributed by atoms with Gasteiger partial charge in [-0.05, 0) is 23.8 Å². The number of nitrogens with one attached hydrogen (secondary N) is 1. The van der Waals surface area contributed by atoms with Crippen molar-refractivity contribution in [2.45, 2.75) is 6.54 Å². The molecule has 4 aromatic rings. The lowest BCUT2D eigenvalue weighted by molar-refractivity contribution is 0.786. The van der Waals surface area contributed by atoms with Crippen LogP contribution in [0.4, 0.5) is 0 Å². The van der Waals surface area contributed by atoms with Crippen LogP contribution in [0.3, 0.4) is 0 Å². The smallest absolute Gasteiger partial charge is 0.306 e. The molecule has 5 nitrogen and oxygen atoms in total. The topological polar surface area (TPSA) is 55.6 Å². The quantitative estimate of drug-likeness (QED) is 0.630. The highest BCUT2D eigenvalue weighted by molar-refractivity contribution is 5.78. The highest BCUT2D eigenvalue weighted by atomic mass is 16.1. The number of hydrogen-bond donors (Lipinski definition) is 1. The fourth-order valence-electron chi connectivity index (χ4n) is 2.64. The molecule has 0 saturated heterocycles. The number of rotatable bonds is 3. The second-order valence-corrected chi connectivity index (χ2v) is 5.17. The number of nitrogens with zero attached hydrogens (tertiary/aromatic N) is 3. The predicted molar refractivity (Wildman–Crippen MR) is 85.2 cm³/mol. The number of aromatic nitrogens is 4. The van der Waals surface area contributed by atoms with Crippen molar-refractivity contribution < 1.29 is 0 Å². The summed E-state index contributed by atoms with van der Waals surface area (Å²) < 4.78 is 3.68. The second kappa shape index (κ2) is 5.04. The maximum atomic E-state index is 12.2. The molecule has 5 heteroatoms. The van der Waals surface area contributed by atoms with Crippen LogP contribution in [-0.4, -0.2) is 19.1 Å². The van der Waals surface area contributed by atoms with E-state index in [1.807, 2.05) is 59.3 Å². The Hall–Kier alpha value is -3.08. The van der Waals surface area contributed by atoms with E-state index in [1.165, 1.54) is 0 Å². The first-order valence-electron chi connectivity index (χ1n) is 7.06. The minimum Gasteiger partial charge on any atom is -0.306 e. The Bertz CT molecular complexity index is 965. The molecule has 108 valence electrons. The molecule has 0 spiro atoms. The van der Waals surface area contributed by atoms with Gasteiger partial charge in [-0.3, -0.25) is 4.57 Å². The van der Waals surface area contributed by atoms with Gasteiger partial charge in [-0.2, -0.15) is 0 Å². The number of hydrogen-bond acceptors (Lipinski definition) is 2. The van der Waals surface area contributed by atoms with Crippen molar-refractivity contribution in [2.24, 2.45) is 0 Å². The van der Waals surface area contributed by atoms with Crippen LogP contribution < -0.4 is 5.69 Å². The summed E-state index contributed by atoms with van der Waals surface area (Å²) in [5.74, 6) is 0. The summed E-state index contributed by atoms with van der Waals surface area (Å²) in [4.78, 5) is 19.2. The zero-order chi connectivity index (χ0) is 14.9. The first-order valence-corrected chi connectivity index (χ1v) is 7.06. The van der Waals surface area contributed by atoms with E-state index in [0.29, 0.717) is 6.54 Å². The minimum absolute atomic E-state index is 0.0957. The van der Waals surface area contributed by atoms with E-state index in [4.69, 9.17) is 0 Å². The normalized spacial score (nSPS) is 11.1. The van der Waals surface area contributed by atoms with Gasteiger partial charge in [0.25, 0.3) is 0 Å². The first kappa shape index (κ1) is 12.6. The largest absolute Gasteiger partial charge is 0.326 e. The Kier molecular flexibility index (Phi) is 2.89. The van der Waals surface area contributed by atoms with Gasteiger partial charge >= 0.3 is 5.69 Å². The molecule has 2 heterocycles. The summed E-state index contributed by atoms with van der Waals surface area (Å²) in [5.41, 5.74) is 3.70. The molecule has 0 aliphatic rings. The van der Waals surface area contributed by atoms with E-state index in [1.54, 1.807) is 17.1 Å². The van der Waals surface area contributed by atoms with Crippen LogP contribution >= 0.6 is 0 Å². The maximum absolute atomic E-state index is 12.2. The van der Waals surface area contributed by atoms with Crippen LogP contribution in [0.25, 0.3) is 16.7 Å². The maximum Gasteiger partial charge on any atom is 0.326 e. The molecular formula is C17H14N4O. The van der Waals surface area contributed by atoms with Gasteiger partial charge in [-0.15, -0.1) is 0 Å². The molecule has 0 atom stereocenters. The third-order valence-corrected chi connectivity index (χ3v) is 3.74. The van der Waals surface area contributed by atoms with E-state index in [0.717, 1.165) is 22.3 Å². The highest BCUT2D eigenvalue weighted by Gasteiger charge is 2.08. The summed E-state index contributed by atoms with van der Waals surface area (Å²) in [7, 11) is 0. The third-order valence-electron chi connectivity index (χ3n) is 3.74. The van der Waals surface area contributed by atoms with Gasteiger partial charge < -0.3 is 9.55 Å². The summed E-state index contributed by atoms with van der Waals surface area (Å²) in [6, 6.07) is 15.9. The molecule has 0 saturated carbocycles. The van der Waals surface area contributed by atoms with E-state index < -0.39 is 0 Å². The third kappa shape index (κ3) is 2.13. The minimum atomic E-state index is -0.0957. The molecule has 2 aromatic carbocycles. The molecule has 0 aliphatic heterocycles. The van der Waals surface area contributed by atoms with Crippen LogP contribution in [0, 0.1) is 0 Å². The number of H-pyrrole nitrogens is 1. The fraction of sp³-hybridized carbons (Fsp3) is 0.0588. The van der Waals surface area contributed by atoms with Crippen LogP contribution in [0.5, 0.6) is 0 Å². The van der Waals surface area contributed by atoms with Crippen molar-refractivity contribution in [1.82, 2.24) is 19.1 Å². The van der Waals surface area contributed by atoms with E-state index >= 15 is 0 Å². The van der Waals surface area contributed by atoms with Gasteiger partial charge in [0.1, 0.15) is 0 Å². The Balaban J connectivity index is 1.85. The predicted octanol–water partition coefficient (Wildman–Crippen LogP) is 2.56. The van der Waals surface area contributed by atoms with Crippen molar-refractivity contribution in [3.63, 3.8) is 0 Å². The van der Waals surface area contributed by atoms with Crippen molar-refractivity contribution in [1.29, 1.82) is 0 Å². The van der Waals surface area contributed by atoms with Crippen molar-refractivity contribution in [3.8, 4) is 5.69 Å². The van der Waals surface area contributed by atoms with E-state index in [-0.39, 0.29) is 5.69 Å². The van der Waals surface area contributed by atoms with Gasteiger partial charge in [0.15, 0.2) is 0 Å².